The Morgan fingerprint density at radius 3 is 2.12 bits per heavy atom. The van der Waals surface area contributed by atoms with Gasteiger partial charge in [0.05, 0.1) is 6.61 Å². The molecule has 0 bridgehead atoms. The number of likely N-dealkylation sites (N-methyl/N-ethyl adjacent to an activating group) is 1. The number of halogens is 4. The van der Waals surface area contributed by atoms with Gasteiger partial charge in [-0.3, -0.25) is 0 Å². The number of pyridine rings is 1. The first-order valence-corrected chi connectivity index (χ1v) is 4.97. The molecule has 0 aliphatic rings. The average molecular weight is 252 g/mol. The summed E-state index contributed by atoms with van der Waals surface area (Å²) in [5.41, 5.74) is -0.783. The summed E-state index contributed by atoms with van der Waals surface area (Å²) in [6.07, 6.45) is 0. The molecule has 0 N–H and O–H groups in total. The van der Waals surface area contributed by atoms with Crippen LogP contribution >= 0.6 is 0 Å². The fourth-order valence-corrected chi connectivity index (χ4v) is 1.27. The molecule has 1 aromatic rings. The topological polar surface area (TPSA) is 25.4 Å². The number of ether oxygens (including phenoxy) is 1. The van der Waals surface area contributed by atoms with E-state index < -0.39 is 29.2 Å². The number of anilines is 1. The highest BCUT2D eigenvalue weighted by molar-refractivity contribution is 5.47. The summed E-state index contributed by atoms with van der Waals surface area (Å²) in [4.78, 5) is 3.51. The van der Waals surface area contributed by atoms with Gasteiger partial charge in [-0.05, 0) is 6.92 Å². The summed E-state index contributed by atoms with van der Waals surface area (Å²) >= 11 is 0. The molecule has 96 valence electrons. The van der Waals surface area contributed by atoms with Gasteiger partial charge in [0.2, 0.25) is 11.6 Å². The molecule has 0 aliphatic heterocycles. The highest BCUT2D eigenvalue weighted by Gasteiger charge is 2.23. The van der Waals surface area contributed by atoms with E-state index in [-0.39, 0.29) is 13.2 Å². The molecule has 0 aromatic carbocycles. The van der Waals surface area contributed by atoms with Crippen LogP contribution in [0.3, 0.4) is 0 Å². The van der Waals surface area contributed by atoms with Crippen molar-refractivity contribution in [2.75, 3.05) is 31.7 Å². The first-order chi connectivity index (χ1) is 7.99. The standard InChI is InChI=1S/C10H12F4N2O/c1-3-17-5-4-16(2)8-6(11)9(13)15-10(14)7(8)12/h3-5H2,1-2H3. The zero-order chi connectivity index (χ0) is 13.0. The maximum Gasteiger partial charge on any atom is 0.253 e. The quantitative estimate of drug-likeness (QED) is 0.456. The van der Waals surface area contributed by atoms with Crippen LogP contribution in [-0.4, -0.2) is 31.8 Å². The van der Waals surface area contributed by atoms with Gasteiger partial charge in [0.15, 0.2) is 0 Å². The molecule has 0 unspecified atom stereocenters. The number of hydrogen-bond donors (Lipinski definition) is 0. The Labute approximate surface area is 96.0 Å². The Kier molecular flexibility index (Phi) is 4.68. The molecule has 0 saturated heterocycles. The Morgan fingerprint density at radius 1 is 1.12 bits per heavy atom. The van der Waals surface area contributed by atoms with Crippen LogP contribution in [0.2, 0.25) is 0 Å². The molecule has 0 aliphatic carbocycles. The molecule has 0 spiro atoms. The van der Waals surface area contributed by atoms with E-state index in [4.69, 9.17) is 4.74 Å². The maximum absolute atomic E-state index is 13.3. The van der Waals surface area contributed by atoms with Gasteiger partial charge in [0.25, 0.3) is 11.9 Å². The summed E-state index contributed by atoms with van der Waals surface area (Å²) in [6, 6.07) is 0. The van der Waals surface area contributed by atoms with Crippen molar-refractivity contribution in [2.24, 2.45) is 0 Å². The van der Waals surface area contributed by atoms with Crippen molar-refractivity contribution in [1.29, 1.82) is 0 Å². The SMILES string of the molecule is CCOCCN(C)c1c(F)c(F)nc(F)c1F. The molecular weight excluding hydrogens is 240 g/mol. The zero-order valence-electron chi connectivity index (χ0n) is 9.44. The van der Waals surface area contributed by atoms with E-state index in [1.807, 2.05) is 0 Å². The molecule has 17 heavy (non-hydrogen) atoms. The lowest BCUT2D eigenvalue weighted by atomic mass is 10.3. The second kappa shape index (κ2) is 5.81. The molecule has 0 saturated carbocycles. The minimum Gasteiger partial charge on any atom is -0.380 e. The van der Waals surface area contributed by atoms with Crippen LogP contribution in [0, 0.1) is 23.5 Å². The Morgan fingerprint density at radius 2 is 1.65 bits per heavy atom. The fraction of sp³-hybridized carbons (Fsp3) is 0.500. The van der Waals surface area contributed by atoms with Gasteiger partial charge >= 0.3 is 0 Å². The van der Waals surface area contributed by atoms with Crippen LogP contribution < -0.4 is 4.90 Å². The van der Waals surface area contributed by atoms with Gasteiger partial charge in [-0.2, -0.15) is 22.5 Å². The predicted octanol–water partition coefficient (Wildman–Crippen LogP) is 2.11. The monoisotopic (exact) mass is 252 g/mol. The van der Waals surface area contributed by atoms with Crippen molar-refractivity contribution in [2.45, 2.75) is 6.92 Å². The van der Waals surface area contributed by atoms with Crippen molar-refractivity contribution < 1.29 is 22.3 Å². The van der Waals surface area contributed by atoms with Crippen LogP contribution in [0.25, 0.3) is 0 Å². The molecule has 1 rings (SSSR count). The number of rotatable bonds is 5. The number of hydrogen-bond acceptors (Lipinski definition) is 3. The van der Waals surface area contributed by atoms with Gasteiger partial charge in [-0.25, -0.2) is 0 Å². The zero-order valence-corrected chi connectivity index (χ0v) is 9.44. The van der Waals surface area contributed by atoms with Gasteiger partial charge in [0, 0.05) is 20.2 Å². The maximum atomic E-state index is 13.3. The van der Waals surface area contributed by atoms with Gasteiger partial charge in [0.1, 0.15) is 5.69 Å². The normalized spacial score (nSPS) is 10.7. The first kappa shape index (κ1) is 13.7. The molecule has 0 radical (unpaired) electrons. The van der Waals surface area contributed by atoms with E-state index >= 15 is 0 Å². The lowest BCUT2D eigenvalue weighted by Gasteiger charge is -2.20. The Balaban J connectivity index is 2.95. The molecule has 1 heterocycles. The second-order valence-corrected chi connectivity index (χ2v) is 3.29. The third-order valence-electron chi connectivity index (χ3n) is 2.13. The van der Waals surface area contributed by atoms with E-state index in [1.165, 1.54) is 7.05 Å². The molecule has 7 heteroatoms. The van der Waals surface area contributed by atoms with Crippen LogP contribution in [-0.2, 0) is 4.74 Å². The molecule has 3 nitrogen and oxygen atoms in total. The van der Waals surface area contributed by atoms with Crippen molar-refractivity contribution in [3.05, 3.63) is 23.5 Å². The summed E-state index contributed by atoms with van der Waals surface area (Å²) in [7, 11) is 1.30. The van der Waals surface area contributed by atoms with Crippen LogP contribution in [0.1, 0.15) is 6.92 Å². The molecular formula is C10H12F4N2O. The van der Waals surface area contributed by atoms with Crippen LogP contribution in [0.15, 0.2) is 0 Å². The predicted molar refractivity (Wildman–Crippen MR) is 53.8 cm³/mol. The lowest BCUT2D eigenvalue weighted by molar-refractivity contribution is 0.154. The Bertz CT molecular complexity index is 374. The largest absolute Gasteiger partial charge is 0.380 e. The first-order valence-electron chi connectivity index (χ1n) is 4.97. The summed E-state index contributed by atoms with van der Waals surface area (Å²) < 4.78 is 57.2. The average Bonchev–Trinajstić information content (AvgIpc) is 2.27. The number of aromatic nitrogens is 1. The van der Waals surface area contributed by atoms with Crippen molar-refractivity contribution in [3.63, 3.8) is 0 Å². The molecule has 0 atom stereocenters. The second-order valence-electron chi connectivity index (χ2n) is 3.29. The summed E-state index contributed by atoms with van der Waals surface area (Å²) in [6.45, 7) is 2.49. The highest BCUT2D eigenvalue weighted by atomic mass is 19.2. The van der Waals surface area contributed by atoms with Gasteiger partial charge in [-0.1, -0.05) is 0 Å². The minimum absolute atomic E-state index is 0.102. The highest BCUT2D eigenvalue weighted by Crippen LogP contribution is 2.24. The van der Waals surface area contributed by atoms with Crippen LogP contribution in [0.5, 0.6) is 0 Å². The third-order valence-corrected chi connectivity index (χ3v) is 2.13. The van der Waals surface area contributed by atoms with E-state index in [1.54, 1.807) is 6.92 Å². The third kappa shape index (κ3) is 3.06. The van der Waals surface area contributed by atoms with Crippen molar-refractivity contribution in [1.82, 2.24) is 4.98 Å². The van der Waals surface area contributed by atoms with E-state index in [0.29, 0.717) is 6.61 Å². The minimum atomic E-state index is -1.66. The summed E-state index contributed by atoms with van der Waals surface area (Å²) in [5, 5.41) is 0. The van der Waals surface area contributed by atoms with Gasteiger partial charge < -0.3 is 9.64 Å². The van der Waals surface area contributed by atoms with Crippen molar-refractivity contribution in [3.8, 4) is 0 Å². The number of nitrogens with zero attached hydrogens (tertiary/aromatic N) is 2. The van der Waals surface area contributed by atoms with E-state index in [2.05, 4.69) is 4.98 Å². The Hall–Kier alpha value is -1.37. The summed E-state index contributed by atoms with van der Waals surface area (Å²) in [5.74, 6) is -6.35. The fourth-order valence-electron chi connectivity index (χ4n) is 1.27. The van der Waals surface area contributed by atoms with E-state index in [0.717, 1.165) is 4.90 Å². The molecule has 0 fully saturated rings. The van der Waals surface area contributed by atoms with Crippen LogP contribution in [0.4, 0.5) is 23.2 Å². The lowest BCUT2D eigenvalue weighted by Crippen LogP contribution is -2.26. The van der Waals surface area contributed by atoms with Gasteiger partial charge in [-0.15, -0.1) is 0 Å². The molecule has 0 amide bonds. The molecule has 1 aromatic heterocycles. The smallest absolute Gasteiger partial charge is 0.253 e. The van der Waals surface area contributed by atoms with Crippen molar-refractivity contribution >= 4 is 5.69 Å². The van der Waals surface area contributed by atoms with E-state index in [9.17, 15) is 17.6 Å².